The molecule has 3 aromatic rings. The van der Waals surface area contributed by atoms with Gasteiger partial charge in [0.05, 0.1) is 17.0 Å². The van der Waals surface area contributed by atoms with Gasteiger partial charge in [0, 0.05) is 18.7 Å². The largest absolute Gasteiger partial charge is 0.450 e. The third-order valence-corrected chi connectivity index (χ3v) is 5.57. The second-order valence-corrected chi connectivity index (χ2v) is 7.83. The van der Waals surface area contributed by atoms with E-state index < -0.39 is 11.9 Å². The average molecular weight is 394 g/mol. The van der Waals surface area contributed by atoms with Crippen LogP contribution in [0, 0.1) is 19.7 Å². The van der Waals surface area contributed by atoms with Crippen molar-refractivity contribution in [1.82, 2.24) is 9.80 Å². The van der Waals surface area contributed by atoms with E-state index in [1.54, 1.807) is 30.3 Å². The zero-order valence-electron chi connectivity index (χ0n) is 17.0. The molecule has 2 aromatic carbocycles. The quantitative estimate of drug-likeness (QED) is 0.678. The molecule has 150 valence electrons. The number of amides is 1. The van der Waals surface area contributed by atoms with Crippen LogP contribution in [-0.4, -0.2) is 42.9 Å². The van der Waals surface area contributed by atoms with Crippen LogP contribution in [-0.2, 0) is 0 Å². The van der Waals surface area contributed by atoms with E-state index in [1.165, 1.54) is 11.0 Å². The lowest BCUT2D eigenvalue weighted by Crippen LogP contribution is -2.35. The Labute approximate surface area is 168 Å². The van der Waals surface area contributed by atoms with Gasteiger partial charge in [0.1, 0.15) is 11.4 Å². The fourth-order valence-corrected chi connectivity index (χ4v) is 3.83. The van der Waals surface area contributed by atoms with Crippen LogP contribution in [0.25, 0.3) is 11.0 Å². The summed E-state index contributed by atoms with van der Waals surface area (Å²) in [5.74, 6) is -0.822. The topological polar surface area (TPSA) is 53.8 Å². The predicted molar refractivity (Wildman–Crippen MR) is 110 cm³/mol. The van der Waals surface area contributed by atoms with E-state index in [9.17, 15) is 14.0 Å². The Kier molecular flexibility index (Phi) is 4.74. The molecule has 1 aliphatic heterocycles. The Morgan fingerprint density at radius 2 is 1.79 bits per heavy atom. The van der Waals surface area contributed by atoms with Gasteiger partial charge in [-0.1, -0.05) is 18.2 Å². The van der Waals surface area contributed by atoms with E-state index in [0.717, 1.165) is 11.1 Å². The molecule has 5 nitrogen and oxygen atoms in total. The number of rotatable bonds is 4. The van der Waals surface area contributed by atoms with Crippen molar-refractivity contribution >= 4 is 16.9 Å². The van der Waals surface area contributed by atoms with Gasteiger partial charge in [0.25, 0.3) is 5.91 Å². The molecule has 0 N–H and O–H groups in total. The van der Waals surface area contributed by atoms with E-state index in [1.807, 2.05) is 32.8 Å². The summed E-state index contributed by atoms with van der Waals surface area (Å²) in [4.78, 5) is 30.1. The lowest BCUT2D eigenvalue weighted by molar-refractivity contribution is 0.0714. The molecule has 0 bridgehead atoms. The minimum atomic E-state index is -0.805. The Balaban J connectivity index is 1.99. The number of aryl methyl sites for hydroxylation is 2. The smallest absolute Gasteiger partial charge is 0.290 e. The van der Waals surface area contributed by atoms with Crippen LogP contribution in [0.4, 0.5) is 4.39 Å². The molecular formula is C23H23FN2O3. The molecule has 6 heteroatoms. The zero-order valence-corrected chi connectivity index (χ0v) is 17.0. The summed E-state index contributed by atoms with van der Waals surface area (Å²) >= 11 is 0. The summed E-state index contributed by atoms with van der Waals surface area (Å²) in [5.41, 5.74) is 2.55. The number of halogens is 1. The molecule has 0 saturated carbocycles. The number of fused-ring (bicyclic) bond motifs is 2. The molecular weight excluding hydrogens is 371 g/mol. The molecule has 0 fully saturated rings. The van der Waals surface area contributed by atoms with Crippen LogP contribution in [0.5, 0.6) is 0 Å². The van der Waals surface area contributed by atoms with Gasteiger partial charge in [-0.15, -0.1) is 0 Å². The first kappa shape index (κ1) is 19.3. The summed E-state index contributed by atoms with van der Waals surface area (Å²) < 4.78 is 20.7. The van der Waals surface area contributed by atoms with Crippen LogP contribution in [0.2, 0.25) is 0 Å². The Morgan fingerprint density at radius 3 is 2.48 bits per heavy atom. The van der Waals surface area contributed by atoms with Crippen molar-refractivity contribution in [2.75, 3.05) is 27.2 Å². The summed E-state index contributed by atoms with van der Waals surface area (Å²) in [6.45, 7) is 4.78. The number of likely N-dealkylation sites (N-methyl/N-ethyl adjacent to an activating group) is 1. The highest BCUT2D eigenvalue weighted by Gasteiger charge is 2.43. The third-order valence-electron chi connectivity index (χ3n) is 5.57. The van der Waals surface area contributed by atoms with Crippen molar-refractivity contribution in [3.63, 3.8) is 0 Å². The Morgan fingerprint density at radius 1 is 1.10 bits per heavy atom. The van der Waals surface area contributed by atoms with Gasteiger partial charge < -0.3 is 14.2 Å². The highest BCUT2D eigenvalue weighted by atomic mass is 19.1. The van der Waals surface area contributed by atoms with Gasteiger partial charge in [0.2, 0.25) is 5.76 Å². The van der Waals surface area contributed by atoms with Gasteiger partial charge in [-0.3, -0.25) is 9.59 Å². The molecule has 2 heterocycles. The summed E-state index contributed by atoms with van der Waals surface area (Å²) in [5, 5.41) is 0.412. The van der Waals surface area contributed by atoms with Crippen LogP contribution >= 0.6 is 0 Å². The van der Waals surface area contributed by atoms with Crippen LogP contribution in [0.1, 0.15) is 38.9 Å². The molecule has 1 amide bonds. The maximum atomic E-state index is 14.7. The van der Waals surface area contributed by atoms with Gasteiger partial charge in [-0.2, -0.15) is 0 Å². The highest BCUT2D eigenvalue weighted by Crippen LogP contribution is 2.39. The summed E-state index contributed by atoms with van der Waals surface area (Å²) in [6.07, 6.45) is 0. The fourth-order valence-electron chi connectivity index (χ4n) is 3.83. The second-order valence-electron chi connectivity index (χ2n) is 7.83. The molecule has 1 unspecified atom stereocenters. The lowest BCUT2D eigenvalue weighted by atomic mass is 9.97. The summed E-state index contributed by atoms with van der Waals surface area (Å²) in [7, 11) is 3.80. The molecule has 4 rings (SSSR count). The molecule has 0 aliphatic carbocycles. The van der Waals surface area contributed by atoms with E-state index in [4.69, 9.17) is 4.42 Å². The molecule has 0 radical (unpaired) electrons. The number of nitrogens with zero attached hydrogens (tertiary/aromatic N) is 2. The average Bonchev–Trinajstić information content (AvgIpc) is 2.94. The molecule has 0 saturated heterocycles. The molecule has 29 heavy (non-hydrogen) atoms. The molecule has 1 atom stereocenters. The van der Waals surface area contributed by atoms with Gasteiger partial charge in [-0.05, 0) is 57.3 Å². The van der Waals surface area contributed by atoms with E-state index in [-0.39, 0.29) is 22.7 Å². The lowest BCUT2D eigenvalue weighted by Gasteiger charge is -2.26. The number of benzene rings is 2. The normalized spacial score (nSPS) is 16.1. The SMILES string of the molecule is Cc1cc2oc3c(c(=O)c2cc1C)C(c1ccccc1F)N(CCN(C)C)C3=O. The maximum absolute atomic E-state index is 14.7. The molecule has 1 aliphatic rings. The van der Waals surface area contributed by atoms with E-state index in [2.05, 4.69) is 0 Å². The van der Waals surface area contributed by atoms with Crippen LogP contribution < -0.4 is 5.43 Å². The maximum Gasteiger partial charge on any atom is 0.290 e. The fraction of sp³-hybridized carbons (Fsp3) is 0.304. The summed E-state index contributed by atoms with van der Waals surface area (Å²) in [6, 6.07) is 9.02. The van der Waals surface area contributed by atoms with Crippen LogP contribution in [0.15, 0.2) is 45.6 Å². The number of hydrogen-bond donors (Lipinski definition) is 0. The number of hydrogen-bond acceptors (Lipinski definition) is 4. The van der Waals surface area contributed by atoms with Crippen molar-refractivity contribution in [2.24, 2.45) is 0 Å². The molecule has 1 aromatic heterocycles. The third kappa shape index (κ3) is 3.13. The zero-order chi connectivity index (χ0) is 20.9. The number of carbonyl (C=O) groups is 1. The standard InChI is InChI=1S/C23H23FN2O3/c1-13-11-16-18(12-14(13)2)29-22-19(21(16)27)20(15-7-5-6-8-17(15)24)26(23(22)28)10-9-25(3)4/h5-8,11-12,20H,9-10H2,1-4H3. The van der Waals surface area contributed by atoms with E-state index >= 15 is 0 Å². The first-order valence-corrected chi connectivity index (χ1v) is 9.57. The van der Waals surface area contributed by atoms with Crippen molar-refractivity contribution in [3.8, 4) is 0 Å². The van der Waals surface area contributed by atoms with Crippen molar-refractivity contribution in [3.05, 3.63) is 80.5 Å². The van der Waals surface area contributed by atoms with E-state index in [0.29, 0.717) is 29.6 Å². The Bertz CT molecular complexity index is 1180. The van der Waals surface area contributed by atoms with Crippen molar-refractivity contribution < 1.29 is 13.6 Å². The van der Waals surface area contributed by atoms with Crippen molar-refractivity contribution in [2.45, 2.75) is 19.9 Å². The second kappa shape index (κ2) is 7.12. The first-order chi connectivity index (χ1) is 13.8. The molecule has 0 spiro atoms. The monoisotopic (exact) mass is 394 g/mol. The Hall–Kier alpha value is -2.99. The van der Waals surface area contributed by atoms with Gasteiger partial charge in [0.15, 0.2) is 5.43 Å². The predicted octanol–water partition coefficient (Wildman–Crippen LogP) is 3.66. The van der Waals surface area contributed by atoms with Gasteiger partial charge >= 0.3 is 0 Å². The minimum absolute atomic E-state index is 0.0118. The highest BCUT2D eigenvalue weighted by molar-refractivity contribution is 5.99. The first-order valence-electron chi connectivity index (χ1n) is 9.57. The number of carbonyl (C=O) groups excluding carboxylic acids is 1. The van der Waals surface area contributed by atoms with Crippen LogP contribution in [0.3, 0.4) is 0 Å². The van der Waals surface area contributed by atoms with Gasteiger partial charge in [-0.25, -0.2) is 4.39 Å². The van der Waals surface area contributed by atoms with Crippen molar-refractivity contribution in [1.29, 1.82) is 0 Å². The minimum Gasteiger partial charge on any atom is -0.450 e.